The third-order valence-electron chi connectivity index (χ3n) is 3.35. The number of carbonyl (C=O) groups excluding carboxylic acids is 1. The first-order valence-corrected chi connectivity index (χ1v) is 8.16. The van der Waals surface area contributed by atoms with Crippen LogP contribution >= 0.6 is 0 Å². The van der Waals surface area contributed by atoms with E-state index in [4.69, 9.17) is 4.74 Å². The van der Waals surface area contributed by atoms with Crippen molar-refractivity contribution in [2.24, 2.45) is 0 Å². The van der Waals surface area contributed by atoms with Crippen LogP contribution in [-0.4, -0.2) is 23.8 Å². The molecule has 4 nitrogen and oxygen atoms in total. The molecule has 0 spiro atoms. The van der Waals surface area contributed by atoms with Gasteiger partial charge in [-0.3, -0.25) is 0 Å². The Bertz CT molecular complexity index is 578. The van der Waals surface area contributed by atoms with Crippen LogP contribution in [0, 0.1) is 0 Å². The predicted molar refractivity (Wildman–Crippen MR) is 91.2 cm³/mol. The van der Waals surface area contributed by atoms with E-state index >= 15 is 0 Å². The van der Waals surface area contributed by atoms with Crippen LogP contribution in [0.4, 0.5) is 18.0 Å². The number of hydrogen-bond acceptors (Lipinski definition) is 3. The summed E-state index contributed by atoms with van der Waals surface area (Å²) >= 11 is 0. The summed E-state index contributed by atoms with van der Waals surface area (Å²) in [6, 6.07) is 5.23. The van der Waals surface area contributed by atoms with Crippen LogP contribution in [0.25, 0.3) is 0 Å². The van der Waals surface area contributed by atoms with E-state index in [1.54, 1.807) is 26.8 Å². The van der Waals surface area contributed by atoms with Crippen LogP contribution in [0.2, 0.25) is 0 Å². The molecule has 7 heteroatoms. The van der Waals surface area contributed by atoms with Gasteiger partial charge in [0.2, 0.25) is 0 Å². The van der Waals surface area contributed by atoms with Gasteiger partial charge in [-0.2, -0.15) is 13.2 Å². The fourth-order valence-corrected chi connectivity index (χ4v) is 2.13. The molecule has 2 N–H and O–H groups in total. The highest BCUT2D eigenvalue weighted by molar-refractivity contribution is 5.68. The molecule has 25 heavy (non-hydrogen) atoms. The van der Waals surface area contributed by atoms with Crippen molar-refractivity contribution in [3.63, 3.8) is 0 Å². The Labute approximate surface area is 147 Å². The molecule has 0 aliphatic heterocycles. The van der Waals surface area contributed by atoms with Crippen molar-refractivity contribution < 1.29 is 22.7 Å². The van der Waals surface area contributed by atoms with E-state index in [0.29, 0.717) is 25.1 Å². The molecule has 0 aliphatic carbocycles. The second-order valence-corrected chi connectivity index (χ2v) is 7.64. The molecule has 1 aromatic carbocycles. The van der Waals surface area contributed by atoms with Crippen molar-refractivity contribution in [2.75, 3.05) is 6.54 Å². The second-order valence-electron chi connectivity index (χ2n) is 7.64. The maximum Gasteiger partial charge on any atom is 0.416 e. The summed E-state index contributed by atoms with van der Waals surface area (Å²) in [7, 11) is 0. The lowest BCUT2D eigenvalue weighted by molar-refractivity contribution is -0.137. The van der Waals surface area contributed by atoms with Gasteiger partial charge in [-0.05, 0) is 59.2 Å². The van der Waals surface area contributed by atoms with E-state index in [2.05, 4.69) is 10.6 Å². The number of rotatable bonds is 6. The van der Waals surface area contributed by atoms with Crippen molar-refractivity contribution in [1.82, 2.24) is 10.6 Å². The number of benzene rings is 1. The molecule has 0 unspecified atom stereocenters. The van der Waals surface area contributed by atoms with Gasteiger partial charge in [0.1, 0.15) is 5.60 Å². The lowest BCUT2D eigenvalue weighted by Crippen LogP contribution is -2.47. The molecule has 0 radical (unpaired) electrons. The van der Waals surface area contributed by atoms with Crippen LogP contribution in [0.1, 0.15) is 52.2 Å². The monoisotopic (exact) mass is 360 g/mol. The lowest BCUT2D eigenvalue weighted by atomic mass is 10.0. The molecule has 0 fully saturated rings. The molecule has 142 valence electrons. The van der Waals surface area contributed by atoms with Gasteiger partial charge in [-0.1, -0.05) is 18.2 Å². The van der Waals surface area contributed by atoms with Gasteiger partial charge >= 0.3 is 12.3 Å². The first kappa shape index (κ1) is 21.3. The number of carbonyl (C=O) groups is 1. The first-order valence-electron chi connectivity index (χ1n) is 8.16. The van der Waals surface area contributed by atoms with Gasteiger partial charge in [0.25, 0.3) is 0 Å². The third kappa shape index (κ3) is 8.77. The number of amides is 1. The quantitative estimate of drug-likeness (QED) is 0.735. The summed E-state index contributed by atoms with van der Waals surface area (Å²) in [5, 5.41) is 5.89. The van der Waals surface area contributed by atoms with E-state index in [-0.39, 0.29) is 0 Å². The Morgan fingerprint density at radius 2 is 1.76 bits per heavy atom. The zero-order valence-corrected chi connectivity index (χ0v) is 15.4. The fourth-order valence-electron chi connectivity index (χ4n) is 2.13. The summed E-state index contributed by atoms with van der Waals surface area (Å²) in [6.45, 7) is 9.96. The van der Waals surface area contributed by atoms with Gasteiger partial charge in [0, 0.05) is 12.1 Å². The molecule has 0 aromatic heterocycles. The van der Waals surface area contributed by atoms with E-state index in [1.807, 2.05) is 13.8 Å². The Kier molecular flexibility index (Phi) is 6.88. The smallest absolute Gasteiger partial charge is 0.416 e. The third-order valence-corrected chi connectivity index (χ3v) is 3.35. The molecule has 1 aromatic rings. The molecule has 0 aliphatic rings. The predicted octanol–water partition coefficient (Wildman–Crippen LogP) is 4.49. The van der Waals surface area contributed by atoms with Gasteiger partial charge < -0.3 is 15.4 Å². The van der Waals surface area contributed by atoms with Gasteiger partial charge in [-0.25, -0.2) is 4.79 Å². The average Bonchev–Trinajstić information content (AvgIpc) is 2.40. The molecule has 0 saturated carbocycles. The zero-order chi connectivity index (χ0) is 19.3. The Morgan fingerprint density at radius 1 is 1.12 bits per heavy atom. The normalized spacial score (nSPS) is 12.8. The van der Waals surface area contributed by atoms with E-state index in [9.17, 15) is 18.0 Å². The minimum Gasteiger partial charge on any atom is -0.444 e. The number of halogens is 3. The van der Waals surface area contributed by atoms with Crippen LogP contribution in [0.3, 0.4) is 0 Å². The van der Waals surface area contributed by atoms with E-state index < -0.39 is 29.0 Å². The average molecular weight is 360 g/mol. The standard InChI is InChI=1S/C18H27F3N2O2/c1-16(2,3)25-15(24)23-17(4,5)9-10-22-12-13-7-6-8-14(11-13)18(19,20)21/h6-8,11,22H,9-10,12H2,1-5H3,(H,23,24). The van der Waals surface area contributed by atoms with Crippen molar-refractivity contribution in [3.05, 3.63) is 35.4 Å². The molecule has 0 heterocycles. The van der Waals surface area contributed by atoms with Crippen molar-refractivity contribution in [3.8, 4) is 0 Å². The summed E-state index contributed by atoms with van der Waals surface area (Å²) in [4.78, 5) is 11.8. The van der Waals surface area contributed by atoms with Crippen molar-refractivity contribution in [2.45, 2.75) is 64.9 Å². The van der Waals surface area contributed by atoms with Crippen LogP contribution in [0.15, 0.2) is 24.3 Å². The Morgan fingerprint density at radius 3 is 2.32 bits per heavy atom. The minimum absolute atomic E-state index is 0.326. The van der Waals surface area contributed by atoms with Crippen LogP contribution < -0.4 is 10.6 Å². The second kappa shape index (κ2) is 8.08. The molecule has 0 bridgehead atoms. The van der Waals surface area contributed by atoms with Crippen LogP contribution in [-0.2, 0) is 17.5 Å². The molecular formula is C18H27F3N2O2. The van der Waals surface area contributed by atoms with E-state index in [0.717, 1.165) is 12.1 Å². The lowest BCUT2D eigenvalue weighted by Gasteiger charge is -2.28. The molecular weight excluding hydrogens is 333 g/mol. The summed E-state index contributed by atoms with van der Waals surface area (Å²) < 4.78 is 43.3. The topological polar surface area (TPSA) is 50.4 Å². The number of alkyl carbamates (subject to hydrolysis) is 1. The first-order chi connectivity index (χ1) is 11.3. The molecule has 0 atom stereocenters. The number of nitrogens with one attached hydrogen (secondary N) is 2. The largest absolute Gasteiger partial charge is 0.444 e. The molecule has 0 saturated heterocycles. The summed E-state index contributed by atoms with van der Waals surface area (Å²) in [6.07, 6.45) is -4.23. The zero-order valence-electron chi connectivity index (χ0n) is 15.4. The maximum atomic E-state index is 12.7. The van der Waals surface area contributed by atoms with Gasteiger partial charge in [-0.15, -0.1) is 0 Å². The minimum atomic E-state index is -4.34. The van der Waals surface area contributed by atoms with Gasteiger partial charge in [0.05, 0.1) is 5.56 Å². The highest BCUT2D eigenvalue weighted by atomic mass is 19.4. The SMILES string of the molecule is CC(C)(CCNCc1cccc(C(F)(F)F)c1)NC(=O)OC(C)(C)C. The summed E-state index contributed by atoms with van der Waals surface area (Å²) in [5.74, 6) is 0. The van der Waals surface area contributed by atoms with Crippen molar-refractivity contribution >= 4 is 6.09 Å². The number of ether oxygens (including phenoxy) is 1. The Hall–Kier alpha value is -1.76. The Balaban J connectivity index is 2.43. The van der Waals surface area contributed by atoms with E-state index in [1.165, 1.54) is 6.07 Å². The number of alkyl halides is 3. The highest BCUT2D eigenvalue weighted by Gasteiger charge is 2.30. The number of hydrogen-bond donors (Lipinski definition) is 2. The maximum absolute atomic E-state index is 12.7. The fraction of sp³-hybridized carbons (Fsp3) is 0.611. The summed E-state index contributed by atoms with van der Waals surface area (Å²) in [5.41, 5.74) is -1.16. The van der Waals surface area contributed by atoms with Gasteiger partial charge in [0.15, 0.2) is 0 Å². The molecule has 1 amide bonds. The van der Waals surface area contributed by atoms with Crippen LogP contribution in [0.5, 0.6) is 0 Å². The van der Waals surface area contributed by atoms with Crippen molar-refractivity contribution in [1.29, 1.82) is 0 Å². The molecule has 1 rings (SSSR count). The highest BCUT2D eigenvalue weighted by Crippen LogP contribution is 2.29.